The van der Waals surface area contributed by atoms with E-state index in [2.05, 4.69) is 10.6 Å². The third kappa shape index (κ3) is 4.95. The zero-order chi connectivity index (χ0) is 31.6. The number of amides is 2. The van der Waals surface area contributed by atoms with Crippen molar-refractivity contribution in [2.45, 2.75) is 71.1 Å². The molecule has 12 nitrogen and oxygen atoms in total. The lowest BCUT2D eigenvalue weighted by molar-refractivity contribution is -0.175. The lowest BCUT2D eigenvalue weighted by Gasteiger charge is -2.48. The number of nitrogens with zero attached hydrogens (tertiary/aromatic N) is 1. The fourth-order valence-corrected chi connectivity index (χ4v) is 6.67. The van der Waals surface area contributed by atoms with Crippen LogP contribution in [0.25, 0.3) is 0 Å². The van der Waals surface area contributed by atoms with Crippen LogP contribution in [0.2, 0.25) is 0 Å². The van der Waals surface area contributed by atoms with Crippen molar-refractivity contribution in [3.05, 3.63) is 17.2 Å². The van der Waals surface area contributed by atoms with Gasteiger partial charge in [0.25, 0.3) is 0 Å². The summed E-state index contributed by atoms with van der Waals surface area (Å²) in [6, 6.07) is 0.865. The molecule has 0 saturated heterocycles. The largest absolute Gasteiger partial charge is 0.505 e. The minimum atomic E-state index is -2.72. The third-order valence-corrected chi connectivity index (χ3v) is 8.62. The second-order valence-corrected chi connectivity index (χ2v) is 13.4. The monoisotopic (exact) mass is 584 g/mol. The highest BCUT2D eigenvalue weighted by Gasteiger charge is 2.66. The molecule has 2 saturated carbocycles. The molecule has 3 aliphatic carbocycles. The molecule has 0 heterocycles. The Morgan fingerprint density at radius 3 is 2.24 bits per heavy atom. The molecule has 0 bridgehead atoms. The second-order valence-electron chi connectivity index (χ2n) is 13.4. The topological polar surface area (TPSA) is 196 Å². The number of hydrogen-bond donors (Lipinski definition) is 5. The lowest BCUT2D eigenvalue weighted by Crippen LogP contribution is -2.68. The molecule has 2 amide bonds. The van der Waals surface area contributed by atoms with Gasteiger partial charge in [-0.05, 0) is 57.1 Å². The van der Waals surface area contributed by atoms with Gasteiger partial charge in [0.05, 0.1) is 17.2 Å². The molecular formula is C30H40N4O8. The highest BCUT2D eigenvalue weighted by atomic mass is 16.3. The molecular weight excluding hydrogens is 544 g/mol. The first-order valence-corrected chi connectivity index (χ1v) is 14.1. The Balaban J connectivity index is 1.80. The van der Waals surface area contributed by atoms with Crippen LogP contribution in [-0.4, -0.2) is 76.4 Å². The van der Waals surface area contributed by atoms with Crippen LogP contribution in [0.15, 0.2) is 6.07 Å². The maximum Gasteiger partial charge on any atom is 0.243 e. The van der Waals surface area contributed by atoms with Gasteiger partial charge < -0.3 is 31.5 Å². The number of Topliss-reactive ketones (excluding diaryl/α,β-unsaturated/α-hetero) is 4. The molecule has 4 rings (SSSR count). The van der Waals surface area contributed by atoms with Gasteiger partial charge in [0.1, 0.15) is 11.8 Å². The molecule has 0 aromatic heterocycles. The van der Waals surface area contributed by atoms with Crippen molar-refractivity contribution in [3.8, 4) is 5.75 Å². The molecule has 1 aromatic rings. The number of anilines is 2. The molecule has 2 fully saturated rings. The number of nitrogens with two attached hydrogens (primary N) is 1. The SMILES string of the molecule is CC(C)C(Nc1cc(N(C)C)c2c(c1O)C(=O)C1C(=O)[C@]3(O)C(=O)C(C(N)=O)C(=O)C[C@@H]3C[C@@H]1C2)C(=O)NC(C)(C)C. The number of primary amides is 1. The maximum absolute atomic E-state index is 14.1. The Bertz CT molecular complexity index is 1390. The molecule has 12 heteroatoms. The molecule has 6 N–H and O–H groups in total. The van der Waals surface area contributed by atoms with Crippen LogP contribution < -0.4 is 21.3 Å². The van der Waals surface area contributed by atoms with Crippen LogP contribution in [0.3, 0.4) is 0 Å². The van der Waals surface area contributed by atoms with Gasteiger partial charge in [-0.15, -0.1) is 0 Å². The van der Waals surface area contributed by atoms with Gasteiger partial charge in [0, 0.05) is 37.7 Å². The van der Waals surface area contributed by atoms with Gasteiger partial charge in [-0.3, -0.25) is 28.8 Å². The molecule has 228 valence electrons. The highest BCUT2D eigenvalue weighted by molar-refractivity contribution is 6.31. The van der Waals surface area contributed by atoms with E-state index in [1.54, 1.807) is 25.1 Å². The van der Waals surface area contributed by atoms with E-state index in [-0.39, 0.29) is 35.9 Å². The van der Waals surface area contributed by atoms with E-state index in [9.17, 15) is 39.0 Å². The highest BCUT2D eigenvalue weighted by Crippen LogP contribution is 2.52. The molecule has 0 radical (unpaired) electrons. The zero-order valence-corrected chi connectivity index (χ0v) is 25.0. The minimum absolute atomic E-state index is 0.0110. The van der Waals surface area contributed by atoms with Crippen LogP contribution >= 0.6 is 0 Å². The van der Waals surface area contributed by atoms with E-state index in [0.717, 1.165) is 0 Å². The summed E-state index contributed by atoms with van der Waals surface area (Å²) in [5.74, 6) is -11.3. The number of fused-ring (bicyclic) bond motifs is 3. The number of ketones is 4. The zero-order valence-electron chi connectivity index (χ0n) is 25.0. The lowest BCUT2D eigenvalue weighted by atomic mass is 9.53. The van der Waals surface area contributed by atoms with Crippen LogP contribution in [0.4, 0.5) is 11.4 Å². The fraction of sp³-hybridized carbons (Fsp3) is 0.600. The first kappa shape index (κ1) is 31.1. The summed E-state index contributed by atoms with van der Waals surface area (Å²) in [5.41, 5.74) is 3.05. The van der Waals surface area contributed by atoms with Gasteiger partial charge in [-0.2, -0.15) is 0 Å². The number of phenols is 1. The summed E-state index contributed by atoms with van der Waals surface area (Å²) in [5, 5.41) is 28.9. The number of hydrogen-bond acceptors (Lipinski definition) is 10. The number of carbonyl (C=O) groups excluding carboxylic acids is 6. The van der Waals surface area contributed by atoms with Crippen LogP contribution in [0.5, 0.6) is 5.75 Å². The normalized spacial score (nSPS) is 28.0. The second kappa shape index (κ2) is 10.5. The van der Waals surface area contributed by atoms with E-state index in [1.165, 1.54) is 0 Å². The summed E-state index contributed by atoms with van der Waals surface area (Å²) in [4.78, 5) is 80.4. The van der Waals surface area contributed by atoms with Gasteiger partial charge in [0.2, 0.25) is 11.8 Å². The van der Waals surface area contributed by atoms with Crippen molar-refractivity contribution >= 4 is 46.3 Å². The van der Waals surface area contributed by atoms with Crippen molar-refractivity contribution in [3.63, 3.8) is 0 Å². The summed E-state index contributed by atoms with van der Waals surface area (Å²) in [7, 11) is 3.51. The van der Waals surface area contributed by atoms with Gasteiger partial charge in [-0.25, -0.2) is 0 Å². The summed E-state index contributed by atoms with van der Waals surface area (Å²) in [6.07, 6.45) is -0.226. The predicted octanol–water partition coefficient (Wildman–Crippen LogP) is 0.744. The standard InChI is InChI=1S/C30H40N4O8/c1-12(2)22(28(41)33-29(3,4)5)32-16-11-17(34(6)7)15-9-13-8-14-10-18(35)21(27(31)40)26(39)30(14,42)25(38)19(13)24(37)20(15)23(16)36/h11-14,19,21-22,32,36,42H,8-10H2,1-7H3,(H2,31,40)(H,33,41)/t13-,14+,19?,21?,22?,30+/m1/s1. The smallest absolute Gasteiger partial charge is 0.243 e. The number of aliphatic hydroxyl groups is 1. The Hall–Kier alpha value is -3.80. The van der Waals surface area contributed by atoms with Crippen molar-refractivity contribution in [1.29, 1.82) is 0 Å². The maximum atomic E-state index is 14.1. The number of nitrogens with one attached hydrogen (secondary N) is 2. The van der Waals surface area contributed by atoms with Crippen molar-refractivity contribution in [1.82, 2.24) is 5.32 Å². The van der Waals surface area contributed by atoms with Gasteiger partial charge in [-0.1, -0.05) is 13.8 Å². The molecule has 1 aromatic carbocycles. The molecule has 0 spiro atoms. The Labute approximate surface area is 244 Å². The molecule has 42 heavy (non-hydrogen) atoms. The van der Waals surface area contributed by atoms with E-state index in [1.807, 2.05) is 34.6 Å². The van der Waals surface area contributed by atoms with Crippen LogP contribution in [-0.2, 0) is 30.4 Å². The van der Waals surface area contributed by atoms with Gasteiger partial charge >= 0.3 is 0 Å². The summed E-state index contributed by atoms with van der Waals surface area (Å²) >= 11 is 0. The first-order chi connectivity index (χ1) is 19.3. The van der Waals surface area contributed by atoms with E-state index in [0.29, 0.717) is 11.3 Å². The summed E-state index contributed by atoms with van der Waals surface area (Å²) in [6.45, 7) is 9.20. The van der Waals surface area contributed by atoms with Crippen molar-refractivity contribution in [2.24, 2.45) is 35.3 Å². The predicted molar refractivity (Wildman–Crippen MR) is 153 cm³/mol. The first-order valence-electron chi connectivity index (χ1n) is 14.1. The van der Waals surface area contributed by atoms with Gasteiger partial charge in [0.15, 0.2) is 34.7 Å². The Morgan fingerprint density at radius 1 is 1.10 bits per heavy atom. The molecule has 6 atom stereocenters. The fourth-order valence-electron chi connectivity index (χ4n) is 6.67. The number of aromatic hydroxyl groups is 1. The number of phenolic OH excluding ortho intramolecular Hbond substituents is 1. The summed E-state index contributed by atoms with van der Waals surface area (Å²) < 4.78 is 0. The average molecular weight is 585 g/mol. The van der Waals surface area contributed by atoms with Crippen LogP contribution in [0, 0.1) is 29.6 Å². The number of benzene rings is 1. The Kier molecular flexibility index (Phi) is 7.77. The molecule has 0 aliphatic heterocycles. The quantitative estimate of drug-likeness (QED) is 0.235. The van der Waals surface area contributed by atoms with Crippen molar-refractivity contribution in [2.75, 3.05) is 24.3 Å². The average Bonchev–Trinajstić information content (AvgIpc) is 2.83. The van der Waals surface area contributed by atoms with E-state index < -0.39 is 82.1 Å². The number of rotatable bonds is 6. The number of carbonyl (C=O) groups is 6. The van der Waals surface area contributed by atoms with Crippen LogP contribution in [0.1, 0.15) is 63.4 Å². The molecule has 3 aliphatic rings. The van der Waals surface area contributed by atoms with Crippen molar-refractivity contribution < 1.29 is 39.0 Å². The minimum Gasteiger partial charge on any atom is -0.505 e. The Morgan fingerprint density at radius 2 is 1.71 bits per heavy atom. The van der Waals surface area contributed by atoms with E-state index in [4.69, 9.17) is 5.73 Å². The third-order valence-electron chi connectivity index (χ3n) is 8.62. The van der Waals surface area contributed by atoms with E-state index >= 15 is 0 Å². The molecule has 3 unspecified atom stereocenters.